The van der Waals surface area contributed by atoms with Gasteiger partial charge in [0.25, 0.3) is 0 Å². The average molecular weight is 425 g/mol. The topological polar surface area (TPSA) is 47.6 Å². The van der Waals surface area contributed by atoms with E-state index in [0.29, 0.717) is 12.2 Å². The lowest BCUT2D eigenvalue weighted by Crippen LogP contribution is -2.58. The molecule has 0 radical (unpaired) electrons. The summed E-state index contributed by atoms with van der Waals surface area (Å²) in [5.41, 5.74) is 4.43. The molecule has 1 aliphatic carbocycles. The van der Waals surface area contributed by atoms with Gasteiger partial charge in [0.1, 0.15) is 5.82 Å². The first-order chi connectivity index (χ1) is 15.0. The number of anilines is 1. The Hall–Kier alpha value is -2.44. The summed E-state index contributed by atoms with van der Waals surface area (Å²) in [5, 5.41) is 5.20. The molecule has 0 spiro atoms. The summed E-state index contributed by atoms with van der Waals surface area (Å²) in [4.78, 5) is 15.8. The summed E-state index contributed by atoms with van der Waals surface area (Å²) in [6.45, 7) is 6.27. The number of para-hydroxylation sites is 1. The predicted molar refractivity (Wildman–Crippen MR) is 122 cm³/mol. The minimum atomic E-state index is -0.347. The van der Waals surface area contributed by atoms with Crippen molar-refractivity contribution < 1.29 is 9.18 Å². The van der Waals surface area contributed by atoms with Crippen LogP contribution in [0.15, 0.2) is 54.6 Å². The van der Waals surface area contributed by atoms with Gasteiger partial charge in [0.05, 0.1) is 12.2 Å². The SMILES string of the molecule is CC1(C(=O)N(CC2CN(CCc3ccccc3)CCN2)Nc2ccccc2F)CCC1. The van der Waals surface area contributed by atoms with Crippen LogP contribution in [-0.4, -0.2) is 54.6 Å². The van der Waals surface area contributed by atoms with Gasteiger partial charge >= 0.3 is 0 Å². The molecule has 2 N–H and O–H groups in total. The van der Waals surface area contributed by atoms with Crippen LogP contribution in [0.4, 0.5) is 10.1 Å². The molecule has 2 aromatic carbocycles. The molecule has 1 atom stereocenters. The standard InChI is InChI=1S/C25H33FN4O/c1-25(13-7-14-25)24(31)30(28-23-11-6-5-10-22(23)26)19-21-18-29(17-15-27-21)16-12-20-8-3-2-4-9-20/h2-6,8-11,21,27-28H,7,12-19H2,1H3. The Morgan fingerprint density at radius 3 is 2.65 bits per heavy atom. The Bertz CT molecular complexity index is 871. The number of hydrogen-bond donors (Lipinski definition) is 2. The lowest BCUT2D eigenvalue weighted by atomic mass is 9.69. The van der Waals surface area contributed by atoms with E-state index >= 15 is 0 Å². The van der Waals surface area contributed by atoms with E-state index < -0.39 is 0 Å². The van der Waals surface area contributed by atoms with Crippen LogP contribution in [0.25, 0.3) is 0 Å². The van der Waals surface area contributed by atoms with Gasteiger partial charge in [-0.3, -0.25) is 15.2 Å². The first-order valence-electron chi connectivity index (χ1n) is 11.4. The molecule has 1 saturated heterocycles. The van der Waals surface area contributed by atoms with Crippen molar-refractivity contribution in [2.24, 2.45) is 5.41 Å². The van der Waals surface area contributed by atoms with Crippen LogP contribution >= 0.6 is 0 Å². The van der Waals surface area contributed by atoms with E-state index in [1.165, 1.54) is 11.6 Å². The minimum absolute atomic E-state index is 0.0604. The van der Waals surface area contributed by atoms with Crippen molar-refractivity contribution in [1.29, 1.82) is 0 Å². The van der Waals surface area contributed by atoms with Gasteiger partial charge < -0.3 is 10.2 Å². The molecule has 1 saturated carbocycles. The third kappa shape index (κ3) is 5.43. The second-order valence-corrected chi connectivity index (χ2v) is 9.11. The summed E-state index contributed by atoms with van der Waals surface area (Å²) >= 11 is 0. The minimum Gasteiger partial charge on any atom is -0.310 e. The Morgan fingerprint density at radius 2 is 1.94 bits per heavy atom. The maximum atomic E-state index is 14.3. The van der Waals surface area contributed by atoms with Crippen molar-refractivity contribution in [3.05, 3.63) is 66.0 Å². The van der Waals surface area contributed by atoms with E-state index in [1.807, 2.05) is 13.0 Å². The van der Waals surface area contributed by atoms with Crippen molar-refractivity contribution in [3.63, 3.8) is 0 Å². The van der Waals surface area contributed by atoms with E-state index in [-0.39, 0.29) is 23.2 Å². The second-order valence-electron chi connectivity index (χ2n) is 9.11. The van der Waals surface area contributed by atoms with Gasteiger partial charge in [-0.15, -0.1) is 0 Å². The molecule has 5 nitrogen and oxygen atoms in total. The zero-order chi connectivity index (χ0) is 21.7. The van der Waals surface area contributed by atoms with Crippen LogP contribution in [0.5, 0.6) is 0 Å². The molecule has 1 unspecified atom stereocenters. The number of piperazine rings is 1. The highest BCUT2D eigenvalue weighted by Gasteiger charge is 2.43. The molecule has 2 aromatic rings. The van der Waals surface area contributed by atoms with E-state index in [9.17, 15) is 9.18 Å². The molecule has 0 aromatic heterocycles. The molecule has 31 heavy (non-hydrogen) atoms. The summed E-state index contributed by atoms with van der Waals surface area (Å²) in [6.07, 6.45) is 3.87. The van der Waals surface area contributed by atoms with Gasteiger partial charge in [0.15, 0.2) is 0 Å². The quantitative estimate of drug-likeness (QED) is 0.635. The fourth-order valence-corrected chi connectivity index (χ4v) is 4.50. The molecular formula is C25H33FN4O. The van der Waals surface area contributed by atoms with Crippen molar-refractivity contribution in [3.8, 4) is 0 Å². The Labute approximate surface area is 184 Å². The number of carbonyl (C=O) groups is 1. The van der Waals surface area contributed by atoms with Crippen LogP contribution in [-0.2, 0) is 11.2 Å². The van der Waals surface area contributed by atoms with E-state index in [4.69, 9.17) is 0 Å². The number of rotatable bonds is 8. The third-order valence-corrected chi connectivity index (χ3v) is 6.65. The number of nitrogens with one attached hydrogen (secondary N) is 2. The molecule has 166 valence electrons. The van der Waals surface area contributed by atoms with E-state index in [0.717, 1.165) is 51.9 Å². The zero-order valence-corrected chi connectivity index (χ0v) is 18.3. The van der Waals surface area contributed by atoms with Crippen molar-refractivity contribution in [2.45, 2.75) is 38.6 Å². The van der Waals surface area contributed by atoms with Gasteiger partial charge in [0, 0.05) is 37.6 Å². The third-order valence-electron chi connectivity index (χ3n) is 6.65. The van der Waals surface area contributed by atoms with E-state index in [1.54, 1.807) is 23.2 Å². The lowest BCUT2D eigenvalue weighted by molar-refractivity contribution is -0.145. The van der Waals surface area contributed by atoms with Gasteiger partial charge in [-0.25, -0.2) is 4.39 Å². The van der Waals surface area contributed by atoms with Gasteiger partial charge in [-0.1, -0.05) is 55.8 Å². The molecule has 1 heterocycles. The van der Waals surface area contributed by atoms with Gasteiger partial charge in [-0.05, 0) is 37.0 Å². The number of benzene rings is 2. The number of carbonyl (C=O) groups excluding carboxylic acids is 1. The Balaban J connectivity index is 1.40. The van der Waals surface area contributed by atoms with Crippen LogP contribution in [0, 0.1) is 11.2 Å². The normalized spacial score (nSPS) is 20.6. The second kappa shape index (κ2) is 9.79. The van der Waals surface area contributed by atoms with Gasteiger partial charge in [0.2, 0.25) is 5.91 Å². The van der Waals surface area contributed by atoms with Crippen LogP contribution in [0.2, 0.25) is 0 Å². The Morgan fingerprint density at radius 1 is 1.19 bits per heavy atom. The maximum absolute atomic E-state index is 14.3. The largest absolute Gasteiger partial charge is 0.310 e. The molecule has 4 rings (SSSR count). The Kier molecular flexibility index (Phi) is 6.88. The van der Waals surface area contributed by atoms with Crippen molar-refractivity contribution >= 4 is 11.6 Å². The average Bonchev–Trinajstić information content (AvgIpc) is 2.77. The number of nitrogens with zero attached hydrogens (tertiary/aromatic N) is 2. The zero-order valence-electron chi connectivity index (χ0n) is 18.3. The highest BCUT2D eigenvalue weighted by atomic mass is 19.1. The van der Waals surface area contributed by atoms with Crippen molar-refractivity contribution in [2.75, 3.05) is 38.1 Å². The highest BCUT2D eigenvalue weighted by Crippen LogP contribution is 2.42. The molecule has 2 fully saturated rings. The number of hydrazine groups is 1. The molecule has 1 aliphatic heterocycles. The molecular weight excluding hydrogens is 391 g/mol. The number of amides is 1. The molecule has 2 aliphatic rings. The van der Waals surface area contributed by atoms with Gasteiger partial charge in [-0.2, -0.15) is 0 Å². The smallest absolute Gasteiger partial charge is 0.246 e. The van der Waals surface area contributed by atoms with Crippen LogP contribution < -0.4 is 10.7 Å². The first kappa shape index (κ1) is 21.8. The number of halogens is 1. The first-order valence-corrected chi connectivity index (χ1v) is 11.4. The van der Waals surface area contributed by atoms with E-state index in [2.05, 4.69) is 39.9 Å². The van der Waals surface area contributed by atoms with Crippen molar-refractivity contribution in [1.82, 2.24) is 15.2 Å². The molecule has 1 amide bonds. The number of hydrogen-bond acceptors (Lipinski definition) is 4. The fraction of sp³-hybridized carbons (Fsp3) is 0.480. The summed E-state index contributed by atoms with van der Waals surface area (Å²) in [6, 6.07) is 17.2. The fourth-order valence-electron chi connectivity index (χ4n) is 4.50. The van der Waals surface area contributed by atoms with Crippen LogP contribution in [0.3, 0.4) is 0 Å². The lowest BCUT2D eigenvalue weighted by Gasteiger charge is -2.43. The monoisotopic (exact) mass is 424 g/mol. The summed E-state index contributed by atoms with van der Waals surface area (Å²) < 4.78 is 14.3. The summed E-state index contributed by atoms with van der Waals surface area (Å²) in [7, 11) is 0. The molecule has 0 bridgehead atoms. The predicted octanol–water partition coefficient (Wildman–Crippen LogP) is 3.69. The highest BCUT2D eigenvalue weighted by molar-refractivity contribution is 5.84. The van der Waals surface area contributed by atoms with Crippen LogP contribution in [0.1, 0.15) is 31.7 Å². The maximum Gasteiger partial charge on any atom is 0.246 e. The molecule has 6 heteroatoms. The summed E-state index contributed by atoms with van der Waals surface area (Å²) in [5.74, 6) is -0.287.